The van der Waals surface area contributed by atoms with Gasteiger partial charge in [0.25, 0.3) is 5.91 Å². The highest BCUT2D eigenvalue weighted by molar-refractivity contribution is 5.95. The van der Waals surface area contributed by atoms with E-state index in [0.717, 1.165) is 51.8 Å². The summed E-state index contributed by atoms with van der Waals surface area (Å²) >= 11 is 0. The number of hydrogen-bond donors (Lipinski definition) is 1. The molecule has 7 nitrogen and oxygen atoms in total. The van der Waals surface area contributed by atoms with E-state index >= 15 is 0 Å². The number of carbonyl (C=O) groups excluding carboxylic acids is 1. The molecule has 0 unspecified atom stereocenters. The highest BCUT2D eigenvalue weighted by Crippen LogP contribution is 2.25. The number of aryl methyl sites for hydroxylation is 2. The van der Waals surface area contributed by atoms with E-state index in [0.29, 0.717) is 12.2 Å². The maximum absolute atomic E-state index is 12.8. The summed E-state index contributed by atoms with van der Waals surface area (Å²) in [6, 6.07) is 29.4. The molecular weight excluding hydrogens is 486 g/mol. The van der Waals surface area contributed by atoms with Crippen molar-refractivity contribution < 1.29 is 9.53 Å². The van der Waals surface area contributed by atoms with Gasteiger partial charge in [-0.25, -0.2) is 10.1 Å². The van der Waals surface area contributed by atoms with Crippen LogP contribution in [0, 0.1) is 13.8 Å². The SMILES string of the molecule is CCCOc1ccc(-c2nn(-c3ccccc3)cc2/C=N/NC(=O)c2ccc(-n3c(C)ccc3C)cc2)cc1. The summed E-state index contributed by atoms with van der Waals surface area (Å²) in [6.07, 6.45) is 4.48. The normalized spacial score (nSPS) is 11.2. The lowest BCUT2D eigenvalue weighted by molar-refractivity contribution is 0.0955. The maximum Gasteiger partial charge on any atom is 0.271 e. The van der Waals surface area contributed by atoms with Crippen LogP contribution in [0.1, 0.15) is 40.7 Å². The van der Waals surface area contributed by atoms with E-state index in [1.807, 2.05) is 77.6 Å². The second-order valence-corrected chi connectivity index (χ2v) is 9.28. The monoisotopic (exact) mass is 517 g/mol. The number of carbonyl (C=O) groups is 1. The molecule has 1 amide bonds. The first-order valence-corrected chi connectivity index (χ1v) is 13.0. The Balaban J connectivity index is 1.36. The maximum atomic E-state index is 12.8. The Kier molecular flexibility index (Phi) is 7.68. The lowest BCUT2D eigenvalue weighted by Crippen LogP contribution is -2.17. The van der Waals surface area contributed by atoms with Gasteiger partial charge in [0.2, 0.25) is 0 Å². The summed E-state index contributed by atoms with van der Waals surface area (Å²) in [5.41, 5.74) is 9.86. The summed E-state index contributed by atoms with van der Waals surface area (Å²) in [6.45, 7) is 6.87. The molecule has 0 saturated heterocycles. The topological polar surface area (TPSA) is 73.4 Å². The molecule has 196 valence electrons. The first-order chi connectivity index (χ1) is 19.0. The Morgan fingerprint density at radius 1 is 0.897 bits per heavy atom. The van der Waals surface area contributed by atoms with Crippen LogP contribution in [-0.4, -0.2) is 33.1 Å². The second-order valence-electron chi connectivity index (χ2n) is 9.28. The number of benzene rings is 3. The minimum absolute atomic E-state index is 0.284. The third-order valence-electron chi connectivity index (χ3n) is 6.39. The van der Waals surface area contributed by atoms with Gasteiger partial charge in [-0.2, -0.15) is 10.2 Å². The predicted octanol–water partition coefficient (Wildman–Crippen LogP) is 6.50. The van der Waals surface area contributed by atoms with Crippen molar-refractivity contribution in [2.75, 3.05) is 6.61 Å². The summed E-state index contributed by atoms with van der Waals surface area (Å²) in [5, 5.41) is 9.08. The summed E-state index contributed by atoms with van der Waals surface area (Å²) < 4.78 is 9.68. The van der Waals surface area contributed by atoms with Crippen LogP contribution in [-0.2, 0) is 0 Å². The fourth-order valence-corrected chi connectivity index (χ4v) is 4.41. The average Bonchev–Trinajstić information content (AvgIpc) is 3.55. The van der Waals surface area contributed by atoms with Gasteiger partial charge in [0.1, 0.15) is 11.4 Å². The minimum Gasteiger partial charge on any atom is -0.494 e. The fraction of sp³-hybridized carbons (Fsp3) is 0.156. The number of nitrogens with one attached hydrogen (secondary N) is 1. The van der Waals surface area contributed by atoms with Crippen molar-refractivity contribution in [2.45, 2.75) is 27.2 Å². The lowest BCUT2D eigenvalue weighted by atomic mass is 10.1. The zero-order valence-electron chi connectivity index (χ0n) is 22.3. The van der Waals surface area contributed by atoms with Crippen LogP contribution in [0.25, 0.3) is 22.6 Å². The highest BCUT2D eigenvalue weighted by Gasteiger charge is 2.12. The highest BCUT2D eigenvalue weighted by atomic mass is 16.5. The molecule has 0 fully saturated rings. The van der Waals surface area contributed by atoms with Crippen molar-refractivity contribution in [3.63, 3.8) is 0 Å². The largest absolute Gasteiger partial charge is 0.494 e. The van der Waals surface area contributed by atoms with Crippen LogP contribution in [0.4, 0.5) is 0 Å². The van der Waals surface area contributed by atoms with Crippen molar-refractivity contribution >= 4 is 12.1 Å². The van der Waals surface area contributed by atoms with Crippen molar-refractivity contribution in [1.82, 2.24) is 19.8 Å². The van der Waals surface area contributed by atoms with Crippen LogP contribution in [0.2, 0.25) is 0 Å². The smallest absolute Gasteiger partial charge is 0.271 e. The molecule has 0 aliphatic rings. The van der Waals surface area contributed by atoms with E-state index in [9.17, 15) is 4.79 Å². The van der Waals surface area contributed by atoms with E-state index in [2.05, 4.69) is 48.0 Å². The van der Waals surface area contributed by atoms with Gasteiger partial charge in [0.05, 0.1) is 18.5 Å². The van der Waals surface area contributed by atoms with Gasteiger partial charge < -0.3 is 9.30 Å². The number of ether oxygens (including phenoxy) is 1. The third-order valence-corrected chi connectivity index (χ3v) is 6.39. The number of nitrogens with zero attached hydrogens (tertiary/aromatic N) is 4. The van der Waals surface area contributed by atoms with E-state index in [-0.39, 0.29) is 5.91 Å². The standard InChI is InChI=1S/C32H31N5O2/c1-4-20-39-30-18-14-25(15-19-30)31-27(22-36(35-31)28-8-6-5-7-9-28)21-33-34-32(38)26-12-16-29(17-13-26)37-23(2)10-11-24(37)3/h5-19,21-22H,4,20H2,1-3H3,(H,34,38)/b33-21+. The average molecular weight is 518 g/mol. The Morgan fingerprint density at radius 3 is 2.26 bits per heavy atom. The zero-order valence-corrected chi connectivity index (χ0v) is 22.3. The molecule has 0 bridgehead atoms. The first kappa shape index (κ1) is 25.7. The van der Waals surface area contributed by atoms with Gasteiger partial charge >= 0.3 is 0 Å². The summed E-state index contributed by atoms with van der Waals surface area (Å²) in [5.74, 6) is 0.534. The minimum atomic E-state index is -0.284. The molecule has 0 radical (unpaired) electrons. The van der Waals surface area contributed by atoms with Gasteiger partial charge in [-0.3, -0.25) is 4.79 Å². The molecule has 0 saturated carbocycles. The van der Waals surface area contributed by atoms with Crippen LogP contribution in [0.3, 0.4) is 0 Å². The van der Waals surface area contributed by atoms with Gasteiger partial charge in [-0.05, 0) is 93.1 Å². The molecule has 3 aromatic carbocycles. The predicted molar refractivity (Wildman–Crippen MR) is 155 cm³/mol. The van der Waals surface area contributed by atoms with Crippen LogP contribution >= 0.6 is 0 Å². The van der Waals surface area contributed by atoms with Crippen molar-refractivity contribution in [1.29, 1.82) is 0 Å². The van der Waals surface area contributed by atoms with Crippen molar-refractivity contribution in [3.05, 3.63) is 120 Å². The number of hydrazone groups is 1. The van der Waals surface area contributed by atoms with Gasteiger partial charge in [-0.1, -0.05) is 25.1 Å². The van der Waals surface area contributed by atoms with Crippen molar-refractivity contribution in [2.24, 2.45) is 5.10 Å². The van der Waals surface area contributed by atoms with Gasteiger partial charge in [0.15, 0.2) is 0 Å². The molecule has 0 atom stereocenters. The number of hydrogen-bond acceptors (Lipinski definition) is 4. The molecule has 0 aliphatic carbocycles. The van der Waals surface area contributed by atoms with Gasteiger partial charge in [0, 0.05) is 40.0 Å². The van der Waals surface area contributed by atoms with Crippen molar-refractivity contribution in [3.8, 4) is 28.4 Å². The summed E-state index contributed by atoms with van der Waals surface area (Å²) in [4.78, 5) is 12.8. The number of amides is 1. The van der Waals surface area contributed by atoms with Crippen LogP contribution in [0.15, 0.2) is 102 Å². The molecule has 5 rings (SSSR count). The molecule has 0 aliphatic heterocycles. The van der Waals surface area contributed by atoms with Crippen LogP contribution < -0.4 is 10.2 Å². The number of aromatic nitrogens is 3. The second kappa shape index (κ2) is 11.6. The molecule has 1 N–H and O–H groups in total. The molecule has 2 aromatic heterocycles. The van der Waals surface area contributed by atoms with E-state index in [4.69, 9.17) is 9.84 Å². The number of rotatable bonds is 9. The third kappa shape index (κ3) is 5.83. The fourth-order valence-electron chi connectivity index (χ4n) is 4.41. The number of para-hydroxylation sites is 1. The quantitative estimate of drug-likeness (QED) is 0.179. The Hall–Kier alpha value is -4.91. The molecule has 0 spiro atoms. The molecule has 2 heterocycles. The van der Waals surface area contributed by atoms with Crippen LogP contribution in [0.5, 0.6) is 5.75 Å². The Bertz CT molecular complexity index is 1560. The summed E-state index contributed by atoms with van der Waals surface area (Å²) in [7, 11) is 0. The lowest BCUT2D eigenvalue weighted by Gasteiger charge is -2.10. The molecule has 5 aromatic rings. The van der Waals surface area contributed by atoms with E-state index in [1.54, 1.807) is 18.3 Å². The molecule has 39 heavy (non-hydrogen) atoms. The Labute approximate surface area is 228 Å². The van der Waals surface area contributed by atoms with E-state index in [1.165, 1.54) is 0 Å². The van der Waals surface area contributed by atoms with E-state index < -0.39 is 0 Å². The molecular formula is C32H31N5O2. The molecule has 7 heteroatoms. The first-order valence-electron chi connectivity index (χ1n) is 13.0. The zero-order chi connectivity index (χ0) is 27.2. The van der Waals surface area contributed by atoms with Gasteiger partial charge in [-0.15, -0.1) is 0 Å². The Morgan fingerprint density at radius 2 is 1.59 bits per heavy atom.